The lowest BCUT2D eigenvalue weighted by molar-refractivity contribution is 0.0342. The molecule has 4 aromatic rings. The maximum atomic E-state index is 13.9. The maximum Gasteiger partial charge on any atom is 0.258 e. The van der Waals surface area contributed by atoms with Gasteiger partial charge in [0.05, 0.1) is 19.8 Å². The summed E-state index contributed by atoms with van der Waals surface area (Å²) >= 11 is 0. The molecule has 190 valence electrons. The third-order valence-corrected chi connectivity index (χ3v) is 8.34. The predicted molar refractivity (Wildman–Crippen MR) is 145 cm³/mol. The van der Waals surface area contributed by atoms with Crippen LogP contribution in [0.4, 0.5) is 0 Å². The van der Waals surface area contributed by atoms with Crippen molar-refractivity contribution in [2.75, 3.05) is 39.4 Å². The van der Waals surface area contributed by atoms with Gasteiger partial charge in [0.25, 0.3) is 5.56 Å². The summed E-state index contributed by atoms with van der Waals surface area (Å²) in [7, 11) is 0. The SMILES string of the molecule is O=c1c(-c2ccccc2CN2CCOCC2)ccc2n1CC1CC2CN(Cc2cc3ccccc3o2)C1. The van der Waals surface area contributed by atoms with Crippen LogP contribution in [0.5, 0.6) is 0 Å². The third-order valence-electron chi connectivity index (χ3n) is 8.34. The monoisotopic (exact) mass is 495 g/mol. The average molecular weight is 496 g/mol. The van der Waals surface area contributed by atoms with Crippen LogP contribution in [0.3, 0.4) is 0 Å². The van der Waals surface area contributed by atoms with Crippen LogP contribution in [0.1, 0.15) is 29.4 Å². The van der Waals surface area contributed by atoms with Crippen molar-refractivity contribution in [1.82, 2.24) is 14.4 Å². The predicted octanol–water partition coefficient (Wildman–Crippen LogP) is 4.71. The van der Waals surface area contributed by atoms with Crippen LogP contribution in [0.25, 0.3) is 22.1 Å². The Labute approximate surface area is 217 Å². The van der Waals surface area contributed by atoms with Crippen molar-refractivity contribution in [3.63, 3.8) is 0 Å². The number of ether oxygens (including phenoxy) is 1. The van der Waals surface area contributed by atoms with Gasteiger partial charge in [-0.25, -0.2) is 0 Å². The van der Waals surface area contributed by atoms with E-state index in [9.17, 15) is 4.79 Å². The van der Waals surface area contributed by atoms with Gasteiger partial charge in [-0.1, -0.05) is 42.5 Å². The highest BCUT2D eigenvalue weighted by molar-refractivity contribution is 5.77. The molecule has 0 amide bonds. The van der Waals surface area contributed by atoms with Crippen molar-refractivity contribution in [3.8, 4) is 11.1 Å². The smallest absolute Gasteiger partial charge is 0.258 e. The van der Waals surface area contributed by atoms with Gasteiger partial charge in [0.15, 0.2) is 0 Å². The number of likely N-dealkylation sites (tertiary alicyclic amines) is 1. The first kappa shape index (κ1) is 23.0. The number of nitrogens with zero attached hydrogens (tertiary/aromatic N) is 3. The molecule has 2 atom stereocenters. The molecule has 5 heterocycles. The van der Waals surface area contributed by atoms with Gasteiger partial charge in [-0.05, 0) is 47.7 Å². The zero-order valence-electron chi connectivity index (χ0n) is 21.1. The summed E-state index contributed by atoms with van der Waals surface area (Å²) in [6, 6.07) is 23.1. The lowest BCUT2D eigenvalue weighted by Crippen LogP contribution is -2.46. The van der Waals surface area contributed by atoms with Gasteiger partial charge >= 0.3 is 0 Å². The van der Waals surface area contributed by atoms with Gasteiger partial charge < -0.3 is 13.7 Å². The van der Waals surface area contributed by atoms with Gasteiger partial charge in [-0.2, -0.15) is 0 Å². The normalized spacial score (nSPS) is 22.3. The van der Waals surface area contributed by atoms with E-state index in [-0.39, 0.29) is 5.56 Å². The van der Waals surface area contributed by atoms with Crippen LogP contribution in [0, 0.1) is 5.92 Å². The summed E-state index contributed by atoms with van der Waals surface area (Å²) in [6.07, 6.45) is 1.16. The van der Waals surface area contributed by atoms with E-state index in [0.29, 0.717) is 11.8 Å². The Kier molecular flexibility index (Phi) is 5.96. The molecule has 3 aliphatic heterocycles. The highest BCUT2D eigenvalue weighted by atomic mass is 16.5. The Morgan fingerprint density at radius 2 is 1.65 bits per heavy atom. The maximum absolute atomic E-state index is 13.9. The molecule has 0 spiro atoms. The first-order valence-corrected chi connectivity index (χ1v) is 13.5. The standard InChI is InChI=1S/C31H33N3O3/c35-31-28(27-7-3-1-6-24(27)19-32-11-13-36-14-12-32)9-10-29-25-15-22(18-34(29)31)17-33(20-25)21-26-16-23-5-2-4-8-30(23)37-26/h1-10,16,22,25H,11-15,17-21H2. The number of morpholine rings is 1. The lowest BCUT2D eigenvalue weighted by Gasteiger charge is -2.42. The van der Waals surface area contributed by atoms with Crippen LogP contribution in [0.2, 0.25) is 0 Å². The minimum Gasteiger partial charge on any atom is -0.460 e. The van der Waals surface area contributed by atoms with Crippen LogP contribution in [0.15, 0.2) is 75.9 Å². The Morgan fingerprint density at radius 1 is 0.811 bits per heavy atom. The van der Waals surface area contributed by atoms with Crippen LogP contribution >= 0.6 is 0 Å². The van der Waals surface area contributed by atoms with E-state index < -0.39 is 0 Å². The molecule has 0 saturated carbocycles. The number of para-hydroxylation sites is 1. The van der Waals surface area contributed by atoms with Gasteiger partial charge in [0.1, 0.15) is 11.3 Å². The number of hydrogen-bond acceptors (Lipinski definition) is 5. The van der Waals surface area contributed by atoms with Gasteiger partial charge in [-0.15, -0.1) is 0 Å². The molecule has 6 nitrogen and oxygen atoms in total. The van der Waals surface area contributed by atoms with E-state index in [0.717, 1.165) is 93.3 Å². The molecule has 2 unspecified atom stereocenters. The number of furan rings is 1. The first-order valence-electron chi connectivity index (χ1n) is 13.5. The van der Waals surface area contributed by atoms with E-state index >= 15 is 0 Å². The largest absolute Gasteiger partial charge is 0.460 e. The molecule has 2 fully saturated rings. The van der Waals surface area contributed by atoms with Crippen molar-refractivity contribution in [2.24, 2.45) is 5.92 Å². The molecule has 2 bridgehead atoms. The third kappa shape index (κ3) is 4.43. The van der Waals surface area contributed by atoms with E-state index in [1.807, 2.05) is 18.2 Å². The molecule has 0 aliphatic carbocycles. The van der Waals surface area contributed by atoms with Crippen LogP contribution < -0.4 is 5.56 Å². The highest BCUT2D eigenvalue weighted by Gasteiger charge is 2.35. The molecule has 37 heavy (non-hydrogen) atoms. The molecule has 3 aliphatic rings. The minimum atomic E-state index is 0.160. The average Bonchev–Trinajstić information content (AvgIpc) is 3.33. The number of benzene rings is 2. The fraction of sp³-hybridized carbons (Fsp3) is 0.387. The Bertz CT molecular complexity index is 1450. The fourth-order valence-corrected chi connectivity index (χ4v) is 6.64. The van der Waals surface area contributed by atoms with Crippen molar-refractivity contribution >= 4 is 11.0 Å². The summed E-state index contributed by atoms with van der Waals surface area (Å²) in [6.45, 7) is 7.84. The molecule has 0 N–H and O–H groups in total. The number of pyridine rings is 1. The molecule has 2 aromatic carbocycles. The first-order chi connectivity index (χ1) is 18.2. The second-order valence-electron chi connectivity index (χ2n) is 10.9. The number of fused-ring (bicyclic) bond motifs is 5. The van der Waals surface area contributed by atoms with Gasteiger partial charge in [-0.3, -0.25) is 14.6 Å². The zero-order valence-corrected chi connectivity index (χ0v) is 21.1. The molecule has 7 rings (SSSR count). The van der Waals surface area contributed by atoms with Crippen molar-refractivity contribution in [3.05, 3.63) is 94.1 Å². The van der Waals surface area contributed by atoms with E-state index in [2.05, 4.69) is 62.9 Å². The molecular weight excluding hydrogens is 462 g/mol. The van der Waals surface area contributed by atoms with Crippen molar-refractivity contribution in [2.45, 2.75) is 32.0 Å². The molecule has 6 heteroatoms. The zero-order chi connectivity index (χ0) is 24.8. The Balaban J connectivity index is 1.14. The molecular formula is C31H33N3O3. The second-order valence-corrected chi connectivity index (χ2v) is 10.9. The summed E-state index contributed by atoms with van der Waals surface area (Å²) in [5.74, 6) is 1.88. The number of rotatable bonds is 5. The van der Waals surface area contributed by atoms with E-state index in [1.54, 1.807) is 0 Å². The van der Waals surface area contributed by atoms with E-state index in [4.69, 9.17) is 9.15 Å². The summed E-state index contributed by atoms with van der Waals surface area (Å²) in [4.78, 5) is 18.8. The lowest BCUT2D eigenvalue weighted by atomic mass is 9.82. The van der Waals surface area contributed by atoms with Gasteiger partial charge in [0.2, 0.25) is 0 Å². The molecule has 2 aromatic heterocycles. The van der Waals surface area contributed by atoms with Crippen LogP contribution in [-0.2, 0) is 24.4 Å². The Morgan fingerprint density at radius 3 is 2.54 bits per heavy atom. The topological polar surface area (TPSA) is 50.9 Å². The van der Waals surface area contributed by atoms with Crippen molar-refractivity contribution in [1.29, 1.82) is 0 Å². The second kappa shape index (κ2) is 9.60. The highest BCUT2D eigenvalue weighted by Crippen LogP contribution is 2.37. The quantitative estimate of drug-likeness (QED) is 0.401. The fourth-order valence-electron chi connectivity index (χ4n) is 6.64. The van der Waals surface area contributed by atoms with E-state index in [1.165, 1.54) is 11.3 Å². The van der Waals surface area contributed by atoms with Crippen molar-refractivity contribution < 1.29 is 9.15 Å². The number of piperidine rings is 1. The summed E-state index contributed by atoms with van der Waals surface area (Å²) < 4.78 is 13.7. The van der Waals surface area contributed by atoms with Crippen LogP contribution in [-0.4, -0.2) is 53.8 Å². The molecule has 0 radical (unpaired) electrons. The minimum absolute atomic E-state index is 0.160. The molecule has 2 saturated heterocycles. The Hall–Kier alpha value is -3.19. The number of aromatic nitrogens is 1. The summed E-state index contributed by atoms with van der Waals surface area (Å²) in [5.41, 5.74) is 5.41. The number of hydrogen-bond donors (Lipinski definition) is 0. The summed E-state index contributed by atoms with van der Waals surface area (Å²) in [5, 5.41) is 1.16. The van der Waals surface area contributed by atoms with Gasteiger partial charge in [0, 0.05) is 61.8 Å².